The average molecular weight is 437 g/mol. The molecule has 1 aromatic carbocycles. The molecule has 1 aliphatic heterocycles. The number of nitrogens with one attached hydrogen (secondary N) is 1. The summed E-state index contributed by atoms with van der Waals surface area (Å²) < 4.78 is 13.2. The van der Waals surface area contributed by atoms with Gasteiger partial charge in [0.1, 0.15) is 5.82 Å². The molecule has 0 radical (unpaired) electrons. The minimum Gasteiger partial charge on any atom is -0.345 e. The van der Waals surface area contributed by atoms with Crippen molar-refractivity contribution >= 4 is 45.6 Å². The number of anilines is 2. The van der Waals surface area contributed by atoms with E-state index in [1.807, 2.05) is 4.90 Å². The van der Waals surface area contributed by atoms with Gasteiger partial charge in [0, 0.05) is 43.9 Å². The molecule has 1 aliphatic carbocycles. The predicted octanol–water partition coefficient (Wildman–Crippen LogP) is 3.35. The molecule has 2 aliphatic rings. The molecule has 9 heteroatoms. The number of carbonyl (C=O) groups excluding carboxylic acids is 2. The second-order valence-corrected chi connectivity index (χ2v) is 8.88. The fourth-order valence-electron chi connectivity index (χ4n) is 3.76. The fraction of sp³-hybridized carbons (Fsp3) is 0.450. The van der Waals surface area contributed by atoms with E-state index < -0.39 is 5.82 Å². The Balaban J connectivity index is 1.40. The summed E-state index contributed by atoms with van der Waals surface area (Å²) in [6.45, 7) is 4.58. The number of nitrogens with zero attached hydrogens (tertiary/aromatic N) is 3. The third-order valence-electron chi connectivity index (χ3n) is 5.48. The number of hydrogen-bond acceptors (Lipinski definition) is 5. The third kappa shape index (κ3) is 4.38. The molecule has 2 amide bonds. The van der Waals surface area contributed by atoms with Crippen molar-refractivity contribution in [2.45, 2.75) is 26.2 Å². The van der Waals surface area contributed by atoms with Crippen LogP contribution in [0.2, 0.25) is 5.02 Å². The highest BCUT2D eigenvalue weighted by atomic mass is 35.5. The normalized spacial score (nSPS) is 19.1. The van der Waals surface area contributed by atoms with Gasteiger partial charge in [0.05, 0.1) is 16.4 Å². The summed E-state index contributed by atoms with van der Waals surface area (Å²) in [7, 11) is 0. The Morgan fingerprint density at radius 3 is 2.72 bits per heavy atom. The van der Waals surface area contributed by atoms with Gasteiger partial charge in [0.2, 0.25) is 11.8 Å². The lowest BCUT2D eigenvalue weighted by Gasteiger charge is -2.33. The molecule has 0 unspecified atom stereocenters. The molecule has 2 heterocycles. The first-order chi connectivity index (χ1) is 13.9. The minimum atomic E-state index is -0.434. The molecule has 154 valence electrons. The first-order valence-corrected chi connectivity index (χ1v) is 10.8. The van der Waals surface area contributed by atoms with E-state index in [0.717, 1.165) is 41.6 Å². The van der Waals surface area contributed by atoms with Gasteiger partial charge < -0.3 is 15.1 Å². The molecule has 2 aromatic rings. The molecule has 0 spiro atoms. The quantitative estimate of drug-likeness (QED) is 0.801. The first-order valence-electron chi connectivity index (χ1n) is 9.65. The van der Waals surface area contributed by atoms with Crippen LogP contribution < -0.4 is 10.2 Å². The van der Waals surface area contributed by atoms with Gasteiger partial charge in [-0.3, -0.25) is 9.59 Å². The Bertz CT molecular complexity index is 943. The van der Waals surface area contributed by atoms with Crippen LogP contribution in [0.5, 0.6) is 0 Å². The Morgan fingerprint density at radius 2 is 2.03 bits per heavy atom. The summed E-state index contributed by atoms with van der Waals surface area (Å²) in [6, 6.07) is 3.95. The van der Waals surface area contributed by atoms with Crippen molar-refractivity contribution in [2.75, 3.05) is 36.4 Å². The van der Waals surface area contributed by atoms with Gasteiger partial charge in [0.25, 0.3) is 0 Å². The van der Waals surface area contributed by atoms with Crippen molar-refractivity contribution in [1.82, 2.24) is 9.88 Å². The van der Waals surface area contributed by atoms with Gasteiger partial charge in [-0.05, 0) is 37.5 Å². The van der Waals surface area contributed by atoms with Crippen LogP contribution in [0.1, 0.15) is 23.9 Å². The van der Waals surface area contributed by atoms with Crippen LogP contribution in [-0.4, -0.2) is 47.9 Å². The number of aromatic nitrogens is 1. The molecular formula is C20H22ClFN4O2S. The van der Waals surface area contributed by atoms with Crippen molar-refractivity contribution in [3.63, 3.8) is 0 Å². The number of halogens is 2. The lowest BCUT2D eigenvalue weighted by molar-refractivity contribution is -0.129. The van der Waals surface area contributed by atoms with Crippen molar-refractivity contribution < 1.29 is 14.0 Å². The smallest absolute Gasteiger partial charge is 0.227 e. The first kappa shape index (κ1) is 20.1. The zero-order valence-electron chi connectivity index (χ0n) is 16.1. The zero-order chi connectivity index (χ0) is 20.5. The molecule has 0 bridgehead atoms. The maximum absolute atomic E-state index is 13.2. The second-order valence-electron chi connectivity index (χ2n) is 7.41. The van der Waals surface area contributed by atoms with Crippen molar-refractivity contribution in [3.8, 4) is 0 Å². The van der Waals surface area contributed by atoms with Crippen LogP contribution in [-0.2, 0) is 22.4 Å². The average Bonchev–Trinajstić information content (AvgIpc) is 3.13. The standard InChI is InChI=1S/C20H22ClFN4O2S/c1-12(27)25-6-8-26(9-7-25)20-24-17-4-2-13(10-18(17)29-20)19(28)23-16-5-3-14(22)11-15(16)21/h3,5,11,13H,2,4,6-10H2,1H3,(H,23,28)/t13-/m0/s1. The Hall–Kier alpha value is -2.19. The van der Waals surface area contributed by atoms with Gasteiger partial charge in [-0.25, -0.2) is 9.37 Å². The molecule has 1 fully saturated rings. The van der Waals surface area contributed by atoms with Crippen LogP contribution >= 0.6 is 22.9 Å². The van der Waals surface area contributed by atoms with Gasteiger partial charge in [-0.1, -0.05) is 11.6 Å². The molecule has 1 atom stereocenters. The molecule has 6 nitrogen and oxygen atoms in total. The summed E-state index contributed by atoms with van der Waals surface area (Å²) in [5.74, 6) is -0.588. The van der Waals surface area contributed by atoms with Crippen molar-refractivity contribution in [1.29, 1.82) is 0 Å². The molecule has 29 heavy (non-hydrogen) atoms. The highest BCUT2D eigenvalue weighted by Gasteiger charge is 2.29. The third-order valence-corrected chi connectivity index (χ3v) is 6.98. The Labute approximate surface area is 177 Å². The maximum Gasteiger partial charge on any atom is 0.227 e. The SMILES string of the molecule is CC(=O)N1CCN(c2nc3c(s2)C[C@@H](C(=O)Nc2ccc(F)cc2Cl)CC3)CC1. The number of fused-ring (bicyclic) bond motifs is 1. The summed E-state index contributed by atoms with van der Waals surface area (Å²) >= 11 is 7.66. The lowest BCUT2D eigenvalue weighted by atomic mass is 9.90. The summed E-state index contributed by atoms with van der Waals surface area (Å²) in [5, 5.41) is 3.99. The fourth-order valence-corrected chi connectivity index (χ4v) is 5.21. The van der Waals surface area contributed by atoms with E-state index in [-0.39, 0.29) is 22.8 Å². The minimum absolute atomic E-state index is 0.103. The van der Waals surface area contributed by atoms with E-state index in [1.54, 1.807) is 18.3 Å². The number of piperazine rings is 1. The van der Waals surface area contributed by atoms with Gasteiger partial charge >= 0.3 is 0 Å². The van der Waals surface area contributed by atoms with Gasteiger partial charge in [0.15, 0.2) is 5.13 Å². The van der Waals surface area contributed by atoms with Crippen molar-refractivity contribution in [2.24, 2.45) is 5.92 Å². The number of amides is 2. The van der Waals surface area contributed by atoms with Gasteiger partial charge in [-0.15, -0.1) is 11.3 Å². The molecular weight excluding hydrogens is 415 g/mol. The van der Waals surface area contributed by atoms with E-state index in [0.29, 0.717) is 25.2 Å². The molecule has 1 aromatic heterocycles. The Morgan fingerprint density at radius 1 is 1.28 bits per heavy atom. The molecule has 0 saturated carbocycles. The second kappa shape index (κ2) is 8.28. The lowest BCUT2D eigenvalue weighted by Crippen LogP contribution is -2.48. The van der Waals surface area contributed by atoms with Crippen LogP contribution in [0.4, 0.5) is 15.2 Å². The highest BCUT2D eigenvalue weighted by Crippen LogP contribution is 2.35. The Kier molecular flexibility index (Phi) is 5.74. The predicted molar refractivity (Wildman–Crippen MR) is 112 cm³/mol. The van der Waals surface area contributed by atoms with Gasteiger partial charge in [-0.2, -0.15) is 0 Å². The summed E-state index contributed by atoms with van der Waals surface area (Å²) in [4.78, 5) is 34.2. The van der Waals surface area contributed by atoms with Crippen LogP contribution in [0.3, 0.4) is 0 Å². The van der Waals surface area contributed by atoms with E-state index in [1.165, 1.54) is 18.2 Å². The summed E-state index contributed by atoms with van der Waals surface area (Å²) in [5.41, 5.74) is 1.50. The topological polar surface area (TPSA) is 65.5 Å². The van der Waals surface area contributed by atoms with Crippen LogP contribution in [0.15, 0.2) is 18.2 Å². The van der Waals surface area contributed by atoms with E-state index in [2.05, 4.69) is 10.2 Å². The molecule has 4 rings (SSSR count). The van der Waals surface area contributed by atoms with E-state index in [4.69, 9.17) is 16.6 Å². The number of rotatable bonds is 3. The van der Waals surface area contributed by atoms with E-state index in [9.17, 15) is 14.0 Å². The number of carbonyl (C=O) groups is 2. The highest BCUT2D eigenvalue weighted by molar-refractivity contribution is 7.15. The monoisotopic (exact) mass is 436 g/mol. The zero-order valence-corrected chi connectivity index (χ0v) is 17.7. The molecule has 1 saturated heterocycles. The van der Waals surface area contributed by atoms with E-state index >= 15 is 0 Å². The number of benzene rings is 1. The number of hydrogen-bond donors (Lipinski definition) is 1. The van der Waals surface area contributed by atoms with Crippen LogP contribution in [0, 0.1) is 11.7 Å². The summed E-state index contributed by atoms with van der Waals surface area (Å²) in [6.07, 6.45) is 2.12. The van der Waals surface area contributed by atoms with Crippen LogP contribution in [0.25, 0.3) is 0 Å². The number of thiazole rings is 1. The number of aryl methyl sites for hydroxylation is 1. The molecule has 1 N–H and O–H groups in total. The largest absolute Gasteiger partial charge is 0.345 e. The van der Waals surface area contributed by atoms with Crippen molar-refractivity contribution in [3.05, 3.63) is 39.6 Å². The maximum atomic E-state index is 13.2.